The molecular formula is C10H17NO2. The molecule has 1 amide bonds. The highest BCUT2D eigenvalue weighted by Crippen LogP contribution is 2.39. The number of rotatable bonds is 3. The van der Waals surface area contributed by atoms with E-state index in [-0.39, 0.29) is 12.5 Å². The van der Waals surface area contributed by atoms with Gasteiger partial charge >= 0.3 is 0 Å². The first kappa shape index (κ1) is 9.00. The topological polar surface area (TPSA) is 49.3 Å². The number of hydrogen-bond acceptors (Lipinski definition) is 2. The van der Waals surface area contributed by atoms with Crippen LogP contribution in [0.2, 0.25) is 0 Å². The Kier molecular flexibility index (Phi) is 2.54. The lowest BCUT2D eigenvalue weighted by atomic mass is 9.85. The Morgan fingerprint density at radius 2 is 2.15 bits per heavy atom. The number of aliphatic hydroxyl groups is 1. The normalized spacial score (nSPS) is 34.4. The van der Waals surface area contributed by atoms with Gasteiger partial charge in [0.2, 0.25) is 5.91 Å². The summed E-state index contributed by atoms with van der Waals surface area (Å²) >= 11 is 0. The van der Waals surface area contributed by atoms with Crippen LogP contribution in [0.1, 0.15) is 32.1 Å². The van der Waals surface area contributed by atoms with Crippen molar-refractivity contribution in [1.82, 2.24) is 5.32 Å². The number of nitrogens with one attached hydrogen (secondary N) is 1. The van der Waals surface area contributed by atoms with Gasteiger partial charge in [-0.05, 0) is 37.5 Å². The van der Waals surface area contributed by atoms with E-state index in [0.29, 0.717) is 24.3 Å². The highest BCUT2D eigenvalue weighted by Gasteiger charge is 2.39. The van der Waals surface area contributed by atoms with E-state index in [2.05, 4.69) is 5.32 Å². The Morgan fingerprint density at radius 3 is 2.77 bits per heavy atom. The number of aliphatic hydroxyl groups excluding tert-OH is 1. The third-order valence-corrected chi connectivity index (χ3v) is 3.21. The first-order valence-corrected chi connectivity index (χ1v) is 5.21. The van der Waals surface area contributed by atoms with Crippen molar-refractivity contribution in [2.24, 2.45) is 11.8 Å². The summed E-state index contributed by atoms with van der Waals surface area (Å²) in [5.74, 6) is 1.43. The maximum atomic E-state index is 11.2. The lowest BCUT2D eigenvalue weighted by Crippen LogP contribution is -2.46. The Labute approximate surface area is 78.5 Å². The van der Waals surface area contributed by atoms with Crippen LogP contribution in [0.15, 0.2) is 0 Å². The van der Waals surface area contributed by atoms with Crippen molar-refractivity contribution in [3.63, 3.8) is 0 Å². The van der Waals surface area contributed by atoms with Gasteiger partial charge in [-0.2, -0.15) is 0 Å². The summed E-state index contributed by atoms with van der Waals surface area (Å²) in [7, 11) is 0. The minimum absolute atomic E-state index is 0.200. The summed E-state index contributed by atoms with van der Waals surface area (Å²) in [6.45, 7) is 0.254. The van der Waals surface area contributed by atoms with E-state index in [9.17, 15) is 4.79 Å². The van der Waals surface area contributed by atoms with Gasteiger partial charge in [0, 0.05) is 19.1 Å². The van der Waals surface area contributed by atoms with Crippen LogP contribution in [-0.4, -0.2) is 23.7 Å². The van der Waals surface area contributed by atoms with Gasteiger partial charge in [0.1, 0.15) is 0 Å². The number of carbonyl (C=O) groups is 1. The van der Waals surface area contributed by atoms with Crippen molar-refractivity contribution < 1.29 is 9.90 Å². The van der Waals surface area contributed by atoms with Crippen LogP contribution in [0, 0.1) is 11.8 Å². The van der Waals surface area contributed by atoms with Gasteiger partial charge in [0.25, 0.3) is 0 Å². The Hall–Kier alpha value is -0.570. The molecule has 0 radical (unpaired) electrons. The van der Waals surface area contributed by atoms with Crippen LogP contribution >= 0.6 is 0 Å². The van der Waals surface area contributed by atoms with E-state index < -0.39 is 0 Å². The molecule has 0 aromatic rings. The monoisotopic (exact) mass is 183 g/mol. The fourth-order valence-electron chi connectivity index (χ4n) is 2.32. The minimum Gasteiger partial charge on any atom is -0.396 e. The first-order chi connectivity index (χ1) is 6.31. The molecule has 1 saturated heterocycles. The zero-order valence-electron chi connectivity index (χ0n) is 7.83. The Morgan fingerprint density at radius 1 is 1.38 bits per heavy atom. The van der Waals surface area contributed by atoms with Crippen molar-refractivity contribution >= 4 is 5.91 Å². The molecule has 0 unspecified atom stereocenters. The lowest BCUT2D eigenvalue weighted by Gasteiger charge is -2.32. The quantitative estimate of drug-likeness (QED) is 0.675. The number of amides is 1. The lowest BCUT2D eigenvalue weighted by molar-refractivity contribution is -0.124. The number of piperidine rings is 1. The van der Waals surface area contributed by atoms with Gasteiger partial charge in [-0.25, -0.2) is 0 Å². The molecule has 1 aliphatic carbocycles. The van der Waals surface area contributed by atoms with Gasteiger partial charge in [0.15, 0.2) is 0 Å². The van der Waals surface area contributed by atoms with Gasteiger partial charge in [-0.15, -0.1) is 0 Å². The van der Waals surface area contributed by atoms with Gasteiger partial charge in [-0.3, -0.25) is 4.79 Å². The van der Waals surface area contributed by atoms with Crippen molar-refractivity contribution in [3.8, 4) is 0 Å². The Bertz CT molecular complexity index is 201. The molecule has 2 fully saturated rings. The maximum absolute atomic E-state index is 11.2. The summed E-state index contributed by atoms with van der Waals surface area (Å²) < 4.78 is 0. The van der Waals surface area contributed by atoms with Crippen LogP contribution < -0.4 is 5.32 Å². The highest BCUT2D eigenvalue weighted by molar-refractivity contribution is 5.77. The van der Waals surface area contributed by atoms with Crippen molar-refractivity contribution in [2.75, 3.05) is 6.61 Å². The SMILES string of the molecule is O=C1CC[C@H](CCO)[C@@H](C2CC2)N1. The largest absolute Gasteiger partial charge is 0.396 e. The first-order valence-electron chi connectivity index (χ1n) is 5.21. The van der Waals surface area contributed by atoms with Crippen LogP contribution in [0.3, 0.4) is 0 Å². The average Bonchev–Trinajstić information content (AvgIpc) is 2.91. The molecule has 3 nitrogen and oxygen atoms in total. The highest BCUT2D eigenvalue weighted by atomic mass is 16.3. The molecule has 74 valence electrons. The molecule has 0 bridgehead atoms. The van der Waals surface area contributed by atoms with E-state index >= 15 is 0 Å². The van der Waals surface area contributed by atoms with Crippen LogP contribution in [0.25, 0.3) is 0 Å². The molecule has 2 N–H and O–H groups in total. The molecule has 0 spiro atoms. The van der Waals surface area contributed by atoms with Crippen LogP contribution in [0.5, 0.6) is 0 Å². The molecule has 2 aliphatic rings. The fourth-order valence-corrected chi connectivity index (χ4v) is 2.32. The number of carbonyl (C=O) groups excluding carboxylic acids is 1. The molecule has 0 aromatic heterocycles. The number of hydrogen-bond donors (Lipinski definition) is 2. The summed E-state index contributed by atoms with van der Waals surface area (Å²) in [5.41, 5.74) is 0. The second-order valence-electron chi connectivity index (χ2n) is 4.24. The van der Waals surface area contributed by atoms with E-state index in [4.69, 9.17) is 5.11 Å². The molecule has 3 heteroatoms. The zero-order chi connectivity index (χ0) is 9.26. The third kappa shape index (κ3) is 2.02. The molecule has 1 saturated carbocycles. The molecule has 2 rings (SSSR count). The van der Waals surface area contributed by atoms with Crippen LogP contribution in [0.4, 0.5) is 0 Å². The molecule has 2 atom stereocenters. The van der Waals surface area contributed by atoms with Gasteiger partial charge < -0.3 is 10.4 Å². The summed E-state index contributed by atoms with van der Waals surface area (Å²) in [4.78, 5) is 11.2. The van der Waals surface area contributed by atoms with E-state index in [0.717, 1.165) is 12.8 Å². The maximum Gasteiger partial charge on any atom is 0.220 e. The fraction of sp³-hybridized carbons (Fsp3) is 0.900. The van der Waals surface area contributed by atoms with Crippen molar-refractivity contribution in [3.05, 3.63) is 0 Å². The van der Waals surface area contributed by atoms with Gasteiger partial charge in [-0.1, -0.05) is 0 Å². The molecule has 1 heterocycles. The van der Waals surface area contributed by atoms with Crippen molar-refractivity contribution in [2.45, 2.75) is 38.1 Å². The summed E-state index contributed by atoms with van der Waals surface area (Å²) in [6, 6.07) is 0.369. The standard InChI is InChI=1S/C10H17NO2/c12-6-5-8-3-4-9(13)11-10(8)7-1-2-7/h7-8,10,12H,1-6H2,(H,11,13)/t8-,10-/m1/s1. The average molecular weight is 183 g/mol. The van der Waals surface area contributed by atoms with E-state index in [1.165, 1.54) is 12.8 Å². The van der Waals surface area contributed by atoms with E-state index in [1.54, 1.807) is 0 Å². The summed E-state index contributed by atoms with van der Waals surface area (Å²) in [6.07, 6.45) is 4.97. The van der Waals surface area contributed by atoms with E-state index in [1.807, 2.05) is 0 Å². The molecule has 1 aliphatic heterocycles. The van der Waals surface area contributed by atoms with Gasteiger partial charge in [0.05, 0.1) is 0 Å². The second kappa shape index (κ2) is 3.66. The third-order valence-electron chi connectivity index (χ3n) is 3.21. The Balaban J connectivity index is 1.94. The molecule has 13 heavy (non-hydrogen) atoms. The molecular weight excluding hydrogens is 166 g/mol. The van der Waals surface area contributed by atoms with Crippen LogP contribution in [-0.2, 0) is 4.79 Å². The minimum atomic E-state index is 0.200. The van der Waals surface area contributed by atoms with Crippen molar-refractivity contribution in [1.29, 1.82) is 0 Å². The second-order valence-corrected chi connectivity index (χ2v) is 4.24. The summed E-state index contributed by atoms with van der Waals surface area (Å²) in [5, 5.41) is 12.0. The smallest absolute Gasteiger partial charge is 0.220 e. The molecule has 0 aromatic carbocycles. The predicted octanol–water partition coefficient (Wildman–Crippen LogP) is 0.674. The zero-order valence-corrected chi connectivity index (χ0v) is 7.83. The predicted molar refractivity (Wildman–Crippen MR) is 49.1 cm³/mol.